The number of nitrogens with one attached hydrogen (secondary N) is 1. The lowest BCUT2D eigenvalue weighted by molar-refractivity contribution is -0.131. The summed E-state index contributed by atoms with van der Waals surface area (Å²) in [7, 11) is 1.81. The molecule has 2 rings (SSSR count). The van der Waals surface area contributed by atoms with E-state index in [-0.39, 0.29) is 5.91 Å². The van der Waals surface area contributed by atoms with Crippen LogP contribution in [0.15, 0.2) is 12.4 Å². The summed E-state index contributed by atoms with van der Waals surface area (Å²) in [6, 6.07) is 0. The minimum Gasteiger partial charge on any atom is -0.372 e. The molecule has 2 heterocycles. The zero-order chi connectivity index (χ0) is 12.1. The Morgan fingerprint density at radius 1 is 1.29 bits per heavy atom. The number of likely N-dealkylation sites (tertiary alicyclic amines) is 1. The van der Waals surface area contributed by atoms with Gasteiger partial charge in [0.15, 0.2) is 0 Å². The second kappa shape index (κ2) is 5.61. The Labute approximate surface area is 101 Å². The predicted octanol–water partition coefficient (Wildman–Crippen LogP) is 1.42. The molecule has 17 heavy (non-hydrogen) atoms. The van der Waals surface area contributed by atoms with Crippen LogP contribution in [0.5, 0.6) is 0 Å². The van der Waals surface area contributed by atoms with Crippen molar-refractivity contribution in [3.63, 3.8) is 0 Å². The fourth-order valence-electron chi connectivity index (χ4n) is 1.97. The van der Waals surface area contributed by atoms with Gasteiger partial charge in [0.2, 0.25) is 5.91 Å². The second-order valence-electron chi connectivity index (χ2n) is 4.27. The zero-order valence-electron chi connectivity index (χ0n) is 10.1. The van der Waals surface area contributed by atoms with Gasteiger partial charge in [-0.05, 0) is 12.8 Å². The fraction of sp³-hybridized carbons (Fsp3) is 0.583. The average molecular weight is 234 g/mol. The van der Waals surface area contributed by atoms with E-state index in [1.54, 1.807) is 12.4 Å². The number of amides is 1. The molecule has 5 heteroatoms. The number of anilines is 1. The van der Waals surface area contributed by atoms with E-state index in [1.165, 1.54) is 0 Å². The maximum Gasteiger partial charge on any atom is 0.222 e. The van der Waals surface area contributed by atoms with Gasteiger partial charge >= 0.3 is 0 Å². The van der Waals surface area contributed by atoms with Gasteiger partial charge in [0.1, 0.15) is 5.82 Å². The lowest BCUT2D eigenvalue weighted by Crippen LogP contribution is -2.30. The van der Waals surface area contributed by atoms with Crippen LogP contribution in [-0.2, 0) is 11.3 Å². The number of hydrogen-bond acceptors (Lipinski definition) is 4. The Balaban J connectivity index is 2.00. The van der Waals surface area contributed by atoms with Gasteiger partial charge in [-0.3, -0.25) is 9.78 Å². The minimum absolute atomic E-state index is 0.238. The summed E-state index contributed by atoms with van der Waals surface area (Å²) in [4.78, 5) is 22.2. The molecule has 0 aromatic carbocycles. The molecule has 0 spiro atoms. The SMILES string of the molecule is CNc1cnc(CN2CCCCCC2=O)cn1. The van der Waals surface area contributed by atoms with E-state index in [2.05, 4.69) is 15.3 Å². The van der Waals surface area contributed by atoms with Crippen LogP contribution in [0, 0.1) is 0 Å². The number of aromatic nitrogens is 2. The maximum absolute atomic E-state index is 11.8. The Morgan fingerprint density at radius 2 is 2.18 bits per heavy atom. The van der Waals surface area contributed by atoms with Crippen LogP contribution >= 0.6 is 0 Å². The molecule has 0 aliphatic carbocycles. The topological polar surface area (TPSA) is 58.1 Å². The summed E-state index contributed by atoms with van der Waals surface area (Å²) < 4.78 is 0. The molecule has 0 radical (unpaired) electrons. The van der Waals surface area contributed by atoms with Crippen molar-refractivity contribution in [2.45, 2.75) is 32.2 Å². The molecule has 1 fully saturated rings. The van der Waals surface area contributed by atoms with Crippen molar-refractivity contribution < 1.29 is 4.79 Å². The van der Waals surface area contributed by atoms with Crippen molar-refractivity contribution in [2.75, 3.05) is 18.9 Å². The van der Waals surface area contributed by atoms with Crippen molar-refractivity contribution in [1.82, 2.24) is 14.9 Å². The molecule has 5 nitrogen and oxygen atoms in total. The fourth-order valence-corrected chi connectivity index (χ4v) is 1.97. The summed E-state index contributed by atoms with van der Waals surface area (Å²) in [6.45, 7) is 1.42. The summed E-state index contributed by atoms with van der Waals surface area (Å²) in [5.74, 6) is 0.984. The molecular weight excluding hydrogens is 216 g/mol. The third-order valence-corrected chi connectivity index (χ3v) is 2.99. The van der Waals surface area contributed by atoms with E-state index in [0.29, 0.717) is 13.0 Å². The zero-order valence-corrected chi connectivity index (χ0v) is 10.1. The van der Waals surface area contributed by atoms with Crippen LogP contribution < -0.4 is 5.32 Å². The normalized spacial score (nSPS) is 16.8. The van der Waals surface area contributed by atoms with Gasteiger partial charge in [0, 0.05) is 20.0 Å². The average Bonchev–Trinajstić information content (AvgIpc) is 2.56. The first-order valence-electron chi connectivity index (χ1n) is 6.06. The van der Waals surface area contributed by atoms with E-state index in [4.69, 9.17) is 0 Å². The van der Waals surface area contributed by atoms with E-state index < -0.39 is 0 Å². The van der Waals surface area contributed by atoms with Gasteiger partial charge in [-0.2, -0.15) is 0 Å². The lowest BCUT2D eigenvalue weighted by atomic mass is 10.2. The highest BCUT2D eigenvalue weighted by Crippen LogP contribution is 2.13. The smallest absolute Gasteiger partial charge is 0.222 e. The number of carbonyl (C=O) groups is 1. The van der Waals surface area contributed by atoms with Gasteiger partial charge in [-0.25, -0.2) is 4.98 Å². The molecule has 1 N–H and O–H groups in total. The summed E-state index contributed by atoms with van der Waals surface area (Å²) >= 11 is 0. The summed E-state index contributed by atoms with van der Waals surface area (Å²) in [6.07, 6.45) is 7.34. The van der Waals surface area contributed by atoms with Crippen LogP contribution in [0.25, 0.3) is 0 Å². The van der Waals surface area contributed by atoms with Gasteiger partial charge in [0.25, 0.3) is 0 Å². The lowest BCUT2D eigenvalue weighted by Gasteiger charge is -2.19. The largest absolute Gasteiger partial charge is 0.372 e. The minimum atomic E-state index is 0.238. The molecule has 1 amide bonds. The van der Waals surface area contributed by atoms with Crippen molar-refractivity contribution in [2.24, 2.45) is 0 Å². The molecule has 1 saturated heterocycles. The standard InChI is InChI=1S/C12H18N4O/c1-13-11-8-14-10(7-15-11)9-16-6-4-2-3-5-12(16)17/h7-8H,2-6,9H2,1H3,(H,13,15). The van der Waals surface area contributed by atoms with Gasteiger partial charge in [-0.15, -0.1) is 0 Å². The monoisotopic (exact) mass is 234 g/mol. The molecule has 0 saturated carbocycles. The quantitative estimate of drug-likeness (QED) is 0.859. The van der Waals surface area contributed by atoms with Gasteiger partial charge in [0.05, 0.1) is 24.6 Å². The van der Waals surface area contributed by atoms with Crippen LogP contribution in [-0.4, -0.2) is 34.4 Å². The van der Waals surface area contributed by atoms with E-state index >= 15 is 0 Å². The molecule has 0 atom stereocenters. The highest BCUT2D eigenvalue weighted by Gasteiger charge is 2.17. The van der Waals surface area contributed by atoms with E-state index in [9.17, 15) is 4.79 Å². The maximum atomic E-state index is 11.8. The second-order valence-corrected chi connectivity index (χ2v) is 4.27. The highest BCUT2D eigenvalue weighted by atomic mass is 16.2. The Morgan fingerprint density at radius 3 is 2.88 bits per heavy atom. The number of rotatable bonds is 3. The first-order valence-corrected chi connectivity index (χ1v) is 6.06. The van der Waals surface area contributed by atoms with Crippen LogP contribution in [0.1, 0.15) is 31.4 Å². The van der Waals surface area contributed by atoms with E-state index in [0.717, 1.165) is 37.3 Å². The molecule has 1 aliphatic rings. The van der Waals surface area contributed by atoms with Crippen molar-refractivity contribution in [3.05, 3.63) is 18.1 Å². The molecular formula is C12H18N4O. The predicted molar refractivity (Wildman–Crippen MR) is 65.5 cm³/mol. The molecule has 1 aliphatic heterocycles. The molecule has 92 valence electrons. The Hall–Kier alpha value is -1.65. The number of hydrogen-bond donors (Lipinski definition) is 1. The van der Waals surface area contributed by atoms with Crippen molar-refractivity contribution in [1.29, 1.82) is 0 Å². The first-order chi connectivity index (χ1) is 8.29. The summed E-state index contributed by atoms with van der Waals surface area (Å²) in [5, 5.41) is 2.92. The molecule has 0 unspecified atom stereocenters. The summed E-state index contributed by atoms with van der Waals surface area (Å²) in [5.41, 5.74) is 0.847. The molecule has 1 aromatic heterocycles. The van der Waals surface area contributed by atoms with Crippen molar-refractivity contribution in [3.8, 4) is 0 Å². The van der Waals surface area contributed by atoms with Crippen LogP contribution in [0.3, 0.4) is 0 Å². The Bertz CT molecular complexity index is 377. The Kier molecular flexibility index (Phi) is 3.90. The first kappa shape index (κ1) is 11.8. The van der Waals surface area contributed by atoms with Crippen LogP contribution in [0.2, 0.25) is 0 Å². The van der Waals surface area contributed by atoms with Crippen molar-refractivity contribution >= 4 is 11.7 Å². The van der Waals surface area contributed by atoms with Crippen LogP contribution in [0.4, 0.5) is 5.82 Å². The molecule has 0 bridgehead atoms. The third kappa shape index (κ3) is 3.15. The molecule has 1 aromatic rings. The number of nitrogens with zero attached hydrogens (tertiary/aromatic N) is 3. The van der Waals surface area contributed by atoms with Gasteiger partial charge in [-0.1, -0.05) is 6.42 Å². The highest BCUT2D eigenvalue weighted by molar-refractivity contribution is 5.76. The van der Waals surface area contributed by atoms with E-state index in [1.807, 2.05) is 11.9 Å². The number of carbonyl (C=O) groups excluding carboxylic acids is 1. The third-order valence-electron chi connectivity index (χ3n) is 2.99. The van der Waals surface area contributed by atoms with Gasteiger partial charge < -0.3 is 10.2 Å².